The van der Waals surface area contributed by atoms with E-state index in [1.807, 2.05) is 20.8 Å². The molecule has 0 fully saturated rings. The van der Waals surface area contributed by atoms with E-state index in [9.17, 15) is 5.11 Å². The Balaban J connectivity index is 4.49. The van der Waals surface area contributed by atoms with Gasteiger partial charge < -0.3 is 9.84 Å². The van der Waals surface area contributed by atoms with E-state index in [-0.39, 0.29) is 0 Å². The molecule has 0 rings (SSSR count). The fraction of sp³-hybridized carbons (Fsp3) is 0.600. The third-order valence-corrected chi connectivity index (χ3v) is 1.32. The molecule has 0 spiro atoms. The maximum atomic E-state index is 9.45. The molecule has 0 aromatic rings. The van der Waals surface area contributed by atoms with E-state index in [0.717, 1.165) is 5.57 Å². The van der Waals surface area contributed by atoms with Crippen LogP contribution in [0.25, 0.3) is 0 Å². The van der Waals surface area contributed by atoms with Crippen molar-refractivity contribution in [2.24, 2.45) is 0 Å². The van der Waals surface area contributed by atoms with Crippen molar-refractivity contribution in [1.29, 1.82) is 0 Å². The molecule has 0 amide bonds. The summed E-state index contributed by atoms with van der Waals surface area (Å²) in [5, 5.41) is 9.45. The lowest BCUT2D eigenvalue weighted by molar-refractivity contribution is 0.136. The molecule has 12 heavy (non-hydrogen) atoms. The largest absolute Gasteiger partial charge is 0.494 e. The lowest BCUT2D eigenvalue weighted by Crippen LogP contribution is -2.12. The Kier molecular flexibility index (Phi) is 5.23. The van der Waals surface area contributed by atoms with Crippen LogP contribution < -0.4 is 0 Å². The molecular weight excluding hydrogens is 152 g/mol. The van der Waals surface area contributed by atoms with Crippen molar-refractivity contribution in [3.63, 3.8) is 0 Å². The smallest absolute Gasteiger partial charge is 0.171 e. The first-order chi connectivity index (χ1) is 5.63. The molecular formula is C10H16O2. The highest BCUT2D eigenvalue weighted by atomic mass is 16.5. The summed E-state index contributed by atoms with van der Waals surface area (Å²) >= 11 is 0. The Morgan fingerprint density at radius 3 is 2.42 bits per heavy atom. The topological polar surface area (TPSA) is 29.5 Å². The first kappa shape index (κ1) is 11.1. The van der Waals surface area contributed by atoms with Gasteiger partial charge in [-0.3, -0.25) is 0 Å². The first-order valence-electron chi connectivity index (χ1n) is 4.04. The summed E-state index contributed by atoms with van der Waals surface area (Å²) in [5.74, 6) is 5.86. The maximum absolute atomic E-state index is 9.45. The summed E-state index contributed by atoms with van der Waals surface area (Å²) in [6.07, 6.45) is -0.778. The van der Waals surface area contributed by atoms with Gasteiger partial charge in [0.15, 0.2) is 6.10 Å². The van der Waals surface area contributed by atoms with Crippen molar-refractivity contribution in [2.45, 2.75) is 33.8 Å². The minimum atomic E-state index is -0.778. The second kappa shape index (κ2) is 5.68. The molecule has 0 bridgehead atoms. The molecule has 2 heteroatoms. The average Bonchev–Trinajstić information content (AvgIpc) is 1.99. The van der Waals surface area contributed by atoms with Gasteiger partial charge in [-0.25, -0.2) is 0 Å². The molecule has 1 atom stereocenters. The molecule has 68 valence electrons. The molecule has 0 radical (unpaired) electrons. The van der Waals surface area contributed by atoms with Crippen LogP contribution in [0.2, 0.25) is 0 Å². The van der Waals surface area contributed by atoms with E-state index in [0.29, 0.717) is 12.4 Å². The van der Waals surface area contributed by atoms with E-state index in [4.69, 9.17) is 4.74 Å². The number of aliphatic hydroxyl groups is 1. The van der Waals surface area contributed by atoms with Crippen LogP contribution in [-0.2, 0) is 4.74 Å². The second-order valence-electron chi connectivity index (χ2n) is 2.59. The average molecular weight is 168 g/mol. The Morgan fingerprint density at radius 2 is 2.08 bits per heavy atom. The van der Waals surface area contributed by atoms with Gasteiger partial charge in [0.1, 0.15) is 5.76 Å². The van der Waals surface area contributed by atoms with E-state index < -0.39 is 6.10 Å². The van der Waals surface area contributed by atoms with Crippen LogP contribution in [0.1, 0.15) is 27.7 Å². The molecule has 0 aliphatic rings. The molecule has 1 N–H and O–H groups in total. The van der Waals surface area contributed by atoms with Crippen LogP contribution >= 0.6 is 0 Å². The van der Waals surface area contributed by atoms with E-state index in [1.165, 1.54) is 0 Å². The maximum Gasteiger partial charge on any atom is 0.171 e. The minimum absolute atomic E-state index is 0.558. The molecule has 0 aromatic heterocycles. The Hall–Kier alpha value is -0.940. The van der Waals surface area contributed by atoms with E-state index in [1.54, 1.807) is 6.92 Å². The van der Waals surface area contributed by atoms with Crippen molar-refractivity contribution in [3.05, 3.63) is 11.3 Å². The van der Waals surface area contributed by atoms with Crippen LogP contribution in [0.15, 0.2) is 11.3 Å². The summed E-state index contributed by atoms with van der Waals surface area (Å²) in [6.45, 7) is 7.92. The first-order valence-corrected chi connectivity index (χ1v) is 4.04. The fourth-order valence-electron chi connectivity index (χ4n) is 0.854. The highest BCUT2D eigenvalue weighted by Gasteiger charge is 2.09. The third-order valence-electron chi connectivity index (χ3n) is 1.32. The Bertz CT molecular complexity index is 214. The van der Waals surface area contributed by atoms with Crippen molar-refractivity contribution >= 4 is 0 Å². The van der Waals surface area contributed by atoms with Gasteiger partial charge in [-0.15, -0.1) is 5.92 Å². The van der Waals surface area contributed by atoms with Gasteiger partial charge in [0.25, 0.3) is 0 Å². The van der Waals surface area contributed by atoms with Crippen LogP contribution in [0.5, 0.6) is 0 Å². The predicted molar refractivity (Wildman–Crippen MR) is 49.5 cm³/mol. The van der Waals surface area contributed by atoms with Crippen LogP contribution in [0.3, 0.4) is 0 Å². The molecule has 0 aliphatic heterocycles. The SMILES string of the molecule is CC#CC(O)C(OCC)=C(C)C. The molecule has 0 aliphatic carbocycles. The lowest BCUT2D eigenvalue weighted by Gasteiger charge is -2.12. The molecule has 1 unspecified atom stereocenters. The normalized spacial score (nSPS) is 11.1. The van der Waals surface area contributed by atoms with Crippen LogP contribution in [0.4, 0.5) is 0 Å². The van der Waals surface area contributed by atoms with Crippen LogP contribution in [-0.4, -0.2) is 17.8 Å². The fourth-order valence-corrected chi connectivity index (χ4v) is 0.854. The number of ether oxygens (including phenoxy) is 1. The number of allylic oxidation sites excluding steroid dienone is 1. The predicted octanol–water partition coefficient (Wildman–Crippen LogP) is 1.70. The van der Waals surface area contributed by atoms with Crippen molar-refractivity contribution in [2.75, 3.05) is 6.61 Å². The minimum Gasteiger partial charge on any atom is -0.494 e. The summed E-state index contributed by atoms with van der Waals surface area (Å²) < 4.78 is 5.24. The van der Waals surface area contributed by atoms with Gasteiger partial charge >= 0.3 is 0 Å². The quantitative estimate of drug-likeness (QED) is 0.513. The molecule has 2 nitrogen and oxygen atoms in total. The summed E-state index contributed by atoms with van der Waals surface area (Å²) in [6, 6.07) is 0. The standard InChI is InChI=1S/C10H16O2/c1-5-7-9(11)10(8(3)4)12-6-2/h9,11H,6H2,1-4H3. The van der Waals surface area contributed by atoms with Crippen molar-refractivity contribution in [1.82, 2.24) is 0 Å². The van der Waals surface area contributed by atoms with Crippen molar-refractivity contribution in [3.8, 4) is 11.8 Å². The van der Waals surface area contributed by atoms with Gasteiger partial charge in [0.2, 0.25) is 0 Å². The van der Waals surface area contributed by atoms with Gasteiger partial charge in [-0.1, -0.05) is 5.92 Å². The highest BCUT2D eigenvalue weighted by Crippen LogP contribution is 2.09. The summed E-state index contributed by atoms with van der Waals surface area (Å²) in [4.78, 5) is 0. The summed E-state index contributed by atoms with van der Waals surface area (Å²) in [7, 11) is 0. The zero-order valence-corrected chi connectivity index (χ0v) is 8.14. The lowest BCUT2D eigenvalue weighted by atomic mass is 10.2. The van der Waals surface area contributed by atoms with E-state index in [2.05, 4.69) is 11.8 Å². The zero-order valence-electron chi connectivity index (χ0n) is 8.14. The van der Waals surface area contributed by atoms with Gasteiger partial charge in [0, 0.05) is 0 Å². The monoisotopic (exact) mass is 168 g/mol. The highest BCUT2D eigenvalue weighted by molar-refractivity contribution is 5.19. The van der Waals surface area contributed by atoms with Gasteiger partial charge in [-0.05, 0) is 33.3 Å². The molecule has 0 saturated carbocycles. The third kappa shape index (κ3) is 3.45. The number of hydrogen-bond donors (Lipinski definition) is 1. The zero-order chi connectivity index (χ0) is 9.56. The van der Waals surface area contributed by atoms with Gasteiger partial charge in [0.05, 0.1) is 6.61 Å². The second-order valence-corrected chi connectivity index (χ2v) is 2.59. The summed E-state index contributed by atoms with van der Waals surface area (Å²) in [5.41, 5.74) is 0.965. The van der Waals surface area contributed by atoms with Crippen molar-refractivity contribution < 1.29 is 9.84 Å². The number of rotatable bonds is 3. The molecule has 0 aromatic carbocycles. The van der Waals surface area contributed by atoms with E-state index >= 15 is 0 Å². The van der Waals surface area contributed by atoms with Crippen LogP contribution in [0, 0.1) is 11.8 Å². The Labute approximate surface area is 74.2 Å². The molecule has 0 heterocycles. The number of aliphatic hydroxyl groups excluding tert-OH is 1. The number of hydrogen-bond acceptors (Lipinski definition) is 2. The Morgan fingerprint density at radius 1 is 1.50 bits per heavy atom. The van der Waals surface area contributed by atoms with Gasteiger partial charge in [-0.2, -0.15) is 0 Å². The molecule has 0 saturated heterocycles.